The molecule has 1 fully saturated rings. The maximum absolute atomic E-state index is 13.0. The predicted octanol–water partition coefficient (Wildman–Crippen LogP) is 4.68. The third-order valence-corrected chi connectivity index (χ3v) is 9.25. The quantitative estimate of drug-likeness (QED) is 0.108. The van der Waals surface area contributed by atoms with Crippen molar-refractivity contribution in [3.05, 3.63) is 89.3 Å². The van der Waals surface area contributed by atoms with Crippen LogP contribution in [-0.4, -0.2) is 67.1 Å². The standard InChI is InChI=1S/C40H46N5O8/c1-52-33-20-18-27(24-34(33)53-2)10-5-9-26-11-6-12-28(23-26)42-36(47)17-8-16-35(46)41-22-4-3-15-37(48)43-31-14-7-13-29-30(31)25-45(40(29)51)32-19-21-38(49)44-39(32)50/h6-7,9,11-14,18,20,23-24,32H,3-5,8,10,15-17,19,21-22,25H2,1-2H3,(H,41,46)(H,42,47)(H,43,48)(H,44,49,50). The molecule has 3 aromatic carbocycles. The fourth-order valence-electron chi connectivity index (χ4n) is 6.46. The van der Waals surface area contributed by atoms with Gasteiger partial charge in [0.05, 0.1) is 14.2 Å². The van der Waals surface area contributed by atoms with Crippen LogP contribution in [0.1, 0.15) is 84.8 Å². The number of nitrogens with one attached hydrogen (secondary N) is 4. The summed E-state index contributed by atoms with van der Waals surface area (Å²) in [6.07, 6.45) is 6.35. The molecule has 0 saturated carbocycles. The Morgan fingerprint density at radius 3 is 2.40 bits per heavy atom. The fourth-order valence-corrected chi connectivity index (χ4v) is 6.46. The molecule has 2 aliphatic heterocycles. The average Bonchev–Trinajstić information content (AvgIpc) is 3.48. The molecule has 13 heteroatoms. The summed E-state index contributed by atoms with van der Waals surface area (Å²) in [6, 6.07) is 17.8. The van der Waals surface area contributed by atoms with Crippen LogP contribution in [0.5, 0.6) is 11.5 Å². The molecule has 3 aromatic rings. The third kappa shape index (κ3) is 10.7. The number of methoxy groups -OCH3 is 2. The molecule has 4 N–H and O–H groups in total. The molecule has 13 nitrogen and oxygen atoms in total. The van der Waals surface area contributed by atoms with Crippen LogP contribution in [0.2, 0.25) is 0 Å². The number of amides is 6. The van der Waals surface area contributed by atoms with Gasteiger partial charge >= 0.3 is 0 Å². The highest BCUT2D eigenvalue weighted by Gasteiger charge is 2.40. The number of unbranched alkanes of at least 4 members (excludes halogenated alkanes) is 1. The molecule has 279 valence electrons. The minimum atomic E-state index is -0.732. The lowest BCUT2D eigenvalue weighted by Crippen LogP contribution is -2.52. The lowest BCUT2D eigenvalue weighted by molar-refractivity contribution is -0.137. The maximum Gasteiger partial charge on any atom is 0.255 e. The molecule has 1 radical (unpaired) electrons. The normalized spacial score (nSPS) is 15.0. The van der Waals surface area contributed by atoms with Gasteiger partial charge < -0.3 is 30.3 Å². The number of rotatable bonds is 18. The van der Waals surface area contributed by atoms with Gasteiger partial charge in [-0.2, -0.15) is 0 Å². The molecule has 0 aromatic heterocycles. The third-order valence-electron chi connectivity index (χ3n) is 9.25. The van der Waals surface area contributed by atoms with Crippen molar-refractivity contribution in [3.63, 3.8) is 0 Å². The van der Waals surface area contributed by atoms with Gasteiger partial charge in [0.25, 0.3) is 5.91 Å². The van der Waals surface area contributed by atoms with E-state index in [4.69, 9.17) is 9.47 Å². The average molecular weight is 725 g/mol. The van der Waals surface area contributed by atoms with Crippen molar-refractivity contribution in [3.8, 4) is 11.5 Å². The number of benzene rings is 3. The van der Waals surface area contributed by atoms with Crippen LogP contribution in [0.25, 0.3) is 0 Å². The van der Waals surface area contributed by atoms with Gasteiger partial charge in [-0.15, -0.1) is 0 Å². The number of carbonyl (C=O) groups is 6. The second-order valence-corrected chi connectivity index (χ2v) is 13.0. The molecular formula is C40H46N5O8. The number of carbonyl (C=O) groups excluding carboxylic acids is 6. The van der Waals surface area contributed by atoms with Crippen LogP contribution < -0.4 is 30.7 Å². The van der Waals surface area contributed by atoms with E-state index < -0.39 is 11.9 Å². The number of ether oxygens (including phenoxy) is 2. The minimum absolute atomic E-state index is 0.154. The SMILES string of the molecule is COc1ccc(CC[CH]c2cccc(NC(=O)CCCC(=O)NCCCCC(=O)Nc3cccc4c3CN(C3CCC(=O)NC3=O)C4=O)c2)cc1OC. The number of hydrogen-bond donors (Lipinski definition) is 4. The van der Waals surface area contributed by atoms with Crippen molar-refractivity contribution in [1.29, 1.82) is 0 Å². The van der Waals surface area contributed by atoms with Gasteiger partial charge in [-0.1, -0.05) is 24.3 Å². The summed E-state index contributed by atoms with van der Waals surface area (Å²) in [5.41, 5.74) is 4.41. The van der Waals surface area contributed by atoms with Gasteiger partial charge in [0.2, 0.25) is 29.5 Å². The van der Waals surface area contributed by atoms with Gasteiger partial charge in [-0.3, -0.25) is 34.1 Å². The van der Waals surface area contributed by atoms with Crippen molar-refractivity contribution in [2.75, 3.05) is 31.4 Å². The van der Waals surface area contributed by atoms with E-state index in [9.17, 15) is 28.8 Å². The van der Waals surface area contributed by atoms with Crippen molar-refractivity contribution >= 4 is 46.8 Å². The summed E-state index contributed by atoms with van der Waals surface area (Å²) >= 11 is 0. The number of anilines is 2. The Morgan fingerprint density at radius 2 is 1.60 bits per heavy atom. The number of hydrogen-bond acceptors (Lipinski definition) is 8. The molecule has 0 aliphatic carbocycles. The molecule has 1 atom stereocenters. The first-order valence-electron chi connectivity index (χ1n) is 17.9. The monoisotopic (exact) mass is 724 g/mol. The zero-order valence-electron chi connectivity index (χ0n) is 30.1. The van der Waals surface area contributed by atoms with Crippen molar-refractivity contribution in [2.24, 2.45) is 0 Å². The Morgan fingerprint density at radius 1 is 0.849 bits per heavy atom. The van der Waals surface area contributed by atoms with Crippen molar-refractivity contribution < 1.29 is 38.2 Å². The molecule has 5 rings (SSSR count). The van der Waals surface area contributed by atoms with Crippen LogP contribution >= 0.6 is 0 Å². The molecule has 1 unspecified atom stereocenters. The van der Waals surface area contributed by atoms with Crippen LogP contribution in [0.4, 0.5) is 11.4 Å². The lowest BCUT2D eigenvalue weighted by Gasteiger charge is -2.29. The number of piperidine rings is 1. The van der Waals surface area contributed by atoms with E-state index in [1.54, 1.807) is 32.4 Å². The topological polar surface area (TPSA) is 172 Å². The van der Waals surface area contributed by atoms with Crippen LogP contribution in [-0.2, 0) is 36.9 Å². The highest BCUT2D eigenvalue weighted by molar-refractivity contribution is 6.06. The molecule has 2 aliphatic rings. The second-order valence-electron chi connectivity index (χ2n) is 13.0. The Hall–Kier alpha value is -5.72. The number of imide groups is 1. The summed E-state index contributed by atoms with van der Waals surface area (Å²) in [4.78, 5) is 75.9. The smallest absolute Gasteiger partial charge is 0.255 e. The van der Waals surface area contributed by atoms with Crippen LogP contribution in [0.15, 0.2) is 60.7 Å². The summed E-state index contributed by atoms with van der Waals surface area (Å²) in [5.74, 6) is -0.293. The lowest BCUT2D eigenvalue weighted by atomic mass is 10.0. The predicted molar refractivity (Wildman–Crippen MR) is 198 cm³/mol. The second kappa shape index (κ2) is 18.7. The Kier molecular flexibility index (Phi) is 13.6. The molecule has 2 heterocycles. The Bertz CT molecular complexity index is 1840. The largest absolute Gasteiger partial charge is 0.493 e. The van der Waals surface area contributed by atoms with Gasteiger partial charge in [-0.05, 0) is 92.5 Å². The van der Waals surface area contributed by atoms with Crippen LogP contribution in [0.3, 0.4) is 0 Å². The molecule has 0 spiro atoms. The van der Waals surface area contributed by atoms with E-state index in [1.807, 2.05) is 42.5 Å². The highest BCUT2D eigenvalue weighted by atomic mass is 16.5. The highest BCUT2D eigenvalue weighted by Crippen LogP contribution is 2.32. The minimum Gasteiger partial charge on any atom is -0.493 e. The molecular weight excluding hydrogens is 678 g/mol. The fraction of sp³-hybridized carbons (Fsp3) is 0.375. The molecule has 6 amide bonds. The maximum atomic E-state index is 13.0. The first kappa shape index (κ1) is 38.5. The number of fused-ring (bicyclic) bond motifs is 1. The Labute approximate surface area is 309 Å². The zero-order valence-corrected chi connectivity index (χ0v) is 30.1. The molecule has 1 saturated heterocycles. The van der Waals surface area contributed by atoms with Gasteiger partial charge in [0, 0.05) is 61.3 Å². The molecule has 0 bridgehead atoms. The van der Waals surface area contributed by atoms with E-state index in [1.165, 1.54) is 4.90 Å². The van der Waals surface area contributed by atoms with E-state index in [-0.39, 0.29) is 68.2 Å². The van der Waals surface area contributed by atoms with E-state index in [2.05, 4.69) is 27.7 Å². The zero-order chi connectivity index (χ0) is 37.7. The number of aryl methyl sites for hydroxylation is 1. The van der Waals surface area contributed by atoms with Crippen LogP contribution in [0, 0.1) is 6.42 Å². The summed E-state index contributed by atoms with van der Waals surface area (Å²) in [5, 5.41) is 10.9. The van der Waals surface area contributed by atoms with Crippen molar-refractivity contribution in [1.82, 2.24) is 15.5 Å². The van der Waals surface area contributed by atoms with Gasteiger partial charge in [0.1, 0.15) is 6.04 Å². The van der Waals surface area contributed by atoms with Gasteiger partial charge in [0.15, 0.2) is 11.5 Å². The van der Waals surface area contributed by atoms with Gasteiger partial charge in [-0.25, -0.2) is 0 Å². The summed E-state index contributed by atoms with van der Waals surface area (Å²) < 4.78 is 10.7. The van der Waals surface area contributed by atoms with Crippen molar-refractivity contribution in [2.45, 2.75) is 76.8 Å². The first-order chi connectivity index (χ1) is 25.6. The summed E-state index contributed by atoms with van der Waals surface area (Å²) in [6.45, 7) is 0.573. The first-order valence-corrected chi connectivity index (χ1v) is 17.9. The summed E-state index contributed by atoms with van der Waals surface area (Å²) in [7, 11) is 3.23. The van der Waals surface area contributed by atoms with E-state index in [0.717, 1.165) is 24.0 Å². The number of nitrogens with zero attached hydrogens (tertiary/aromatic N) is 1. The van der Waals surface area contributed by atoms with E-state index in [0.29, 0.717) is 59.8 Å². The Balaban J connectivity index is 0.940. The molecule has 53 heavy (non-hydrogen) atoms. The van der Waals surface area contributed by atoms with E-state index >= 15 is 0 Å².